The highest BCUT2D eigenvalue weighted by Crippen LogP contribution is 2.20. The lowest BCUT2D eigenvalue weighted by molar-refractivity contribution is 0.101. The van der Waals surface area contributed by atoms with Crippen molar-refractivity contribution in [2.75, 3.05) is 5.32 Å². The lowest BCUT2D eigenvalue weighted by atomic mass is 10.2. The third kappa shape index (κ3) is 2.97. The van der Waals surface area contributed by atoms with Gasteiger partial charge in [0.25, 0.3) is 5.91 Å². The van der Waals surface area contributed by atoms with Gasteiger partial charge in [-0.15, -0.1) is 5.10 Å². The number of rotatable bonds is 3. The number of hydrogen-bond acceptors (Lipinski definition) is 5. The van der Waals surface area contributed by atoms with E-state index in [1.807, 2.05) is 30.3 Å². The SMILES string of the molecule is O=C(Nc1nnc(-c2ccccc2)o1)c1ncccc1Br. The normalized spacial score (nSPS) is 10.3. The fourth-order valence-corrected chi connectivity index (χ4v) is 2.12. The molecule has 0 saturated heterocycles. The van der Waals surface area contributed by atoms with Gasteiger partial charge in [-0.2, -0.15) is 0 Å². The van der Waals surface area contributed by atoms with E-state index in [1.54, 1.807) is 12.1 Å². The Hall–Kier alpha value is -2.54. The largest absolute Gasteiger partial charge is 0.403 e. The first-order valence-corrected chi connectivity index (χ1v) is 6.84. The molecule has 0 aliphatic carbocycles. The smallest absolute Gasteiger partial charge is 0.322 e. The molecule has 0 atom stereocenters. The highest BCUT2D eigenvalue weighted by atomic mass is 79.9. The van der Waals surface area contributed by atoms with Crippen molar-refractivity contribution in [3.05, 3.63) is 58.8 Å². The molecule has 0 saturated carbocycles. The first-order valence-electron chi connectivity index (χ1n) is 6.05. The molecule has 0 spiro atoms. The third-order valence-electron chi connectivity index (χ3n) is 2.64. The van der Waals surface area contributed by atoms with Crippen LogP contribution in [0.3, 0.4) is 0 Å². The molecule has 0 unspecified atom stereocenters. The van der Waals surface area contributed by atoms with Crippen molar-refractivity contribution < 1.29 is 9.21 Å². The Bertz CT molecular complexity index is 773. The second kappa shape index (κ2) is 5.84. The zero-order chi connectivity index (χ0) is 14.7. The fourth-order valence-electron chi connectivity index (χ4n) is 1.68. The minimum Gasteiger partial charge on any atom is -0.403 e. The number of benzene rings is 1. The topological polar surface area (TPSA) is 80.9 Å². The summed E-state index contributed by atoms with van der Waals surface area (Å²) >= 11 is 3.26. The van der Waals surface area contributed by atoms with Crippen LogP contribution in [0.1, 0.15) is 10.5 Å². The number of nitrogens with zero attached hydrogens (tertiary/aromatic N) is 3. The number of amides is 1. The Kier molecular flexibility index (Phi) is 3.74. The molecule has 1 aromatic carbocycles. The number of halogens is 1. The van der Waals surface area contributed by atoms with Gasteiger partial charge in [0.05, 0.1) is 0 Å². The van der Waals surface area contributed by atoms with Crippen LogP contribution < -0.4 is 5.32 Å². The van der Waals surface area contributed by atoms with Gasteiger partial charge in [0.2, 0.25) is 5.89 Å². The molecule has 7 heteroatoms. The van der Waals surface area contributed by atoms with Crippen molar-refractivity contribution in [2.24, 2.45) is 0 Å². The summed E-state index contributed by atoms with van der Waals surface area (Å²) in [6.07, 6.45) is 1.53. The maximum Gasteiger partial charge on any atom is 0.322 e. The van der Waals surface area contributed by atoms with Crippen molar-refractivity contribution in [2.45, 2.75) is 0 Å². The molecule has 2 aromatic heterocycles. The zero-order valence-electron chi connectivity index (χ0n) is 10.7. The van der Waals surface area contributed by atoms with Crippen LogP contribution in [-0.2, 0) is 0 Å². The molecule has 3 rings (SSSR count). The standard InChI is InChI=1S/C14H9BrN4O2/c15-10-7-4-8-16-11(10)12(20)17-14-19-18-13(21-14)9-5-2-1-3-6-9/h1-8H,(H,17,19,20). The van der Waals surface area contributed by atoms with E-state index in [1.165, 1.54) is 6.20 Å². The van der Waals surface area contributed by atoms with Crippen molar-refractivity contribution in [3.63, 3.8) is 0 Å². The summed E-state index contributed by atoms with van der Waals surface area (Å²) in [5.74, 6) is -0.0864. The Labute approximate surface area is 128 Å². The quantitative estimate of drug-likeness (QED) is 0.789. The van der Waals surface area contributed by atoms with Crippen molar-refractivity contribution in [1.29, 1.82) is 0 Å². The molecule has 1 N–H and O–H groups in total. The average molecular weight is 345 g/mol. The maximum absolute atomic E-state index is 12.0. The van der Waals surface area contributed by atoms with Crippen LogP contribution in [0.4, 0.5) is 6.01 Å². The molecule has 0 radical (unpaired) electrons. The summed E-state index contributed by atoms with van der Waals surface area (Å²) in [5.41, 5.74) is 1.03. The van der Waals surface area contributed by atoms with Gasteiger partial charge in [0, 0.05) is 16.2 Å². The second-order valence-electron chi connectivity index (χ2n) is 4.07. The summed E-state index contributed by atoms with van der Waals surface area (Å²) < 4.78 is 5.99. The van der Waals surface area contributed by atoms with Crippen molar-refractivity contribution >= 4 is 27.9 Å². The molecule has 6 nitrogen and oxygen atoms in total. The van der Waals surface area contributed by atoms with Crippen LogP contribution in [0.5, 0.6) is 0 Å². The number of carbonyl (C=O) groups excluding carboxylic acids is 1. The van der Waals surface area contributed by atoms with Gasteiger partial charge < -0.3 is 4.42 Å². The molecular formula is C14H9BrN4O2. The molecule has 0 fully saturated rings. The molecular weight excluding hydrogens is 336 g/mol. The molecule has 0 bridgehead atoms. The van der Waals surface area contributed by atoms with Crippen LogP contribution in [0.15, 0.2) is 57.6 Å². The van der Waals surface area contributed by atoms with E-state index in [0.717, 1.165) is 5.56 Å². The minimum absolute atomic E-state index is 0.0245. The molecule has 2 heterocycles. The Morgan fingerprint density at radius 2 is 1.90 bits per heavy atom. The fraction of sp³-hybridized carbons (Fsp3) is 0. The predicted molar refractivity (Wildman–Crippen MR) is 79.6 cm³/mol. The van der Waals surface area contributed by atoms with E-state index >= 15 is 0 Å². The summed E-state index contributed by atoms with van der Waals surface area (Å²) in [6.45, 7) is 0. The van der Waals surface area contributed by atoms with Gasteiger partial charge in [-0.05, 0) is 40.2 Å². The van der Waals surface area contributed by atoms with E-state index in [0.29, 0.717) is 10.4 Å². The Morgan fingerprint density at radius 3 is 2.67 bits per heavy atom. The van der Waals surface area contributed by atoms with Crippen LogP contribution in [-0.4, -0.2) is 21.1 Å². The maximum atomic E-state index is 12.0. The molecule has 21 heavy (non-hydrogen) atoms. The van der Waals surface area contributed by atoms with Crippen LogP contribution >= 0.6 is 15.9 Å². The van der Waals surface area contributed by atoms with Gasteiger partial charge in [-0.3, -0.25) is 10.1 Å². The monoisotopic (exact) mass is 344 g/mol. The molecule has 104 valence electrons. The number of carbonyl (C=O) groups is 1. The highest BCUT2D eigenvalue weighted by Gasteiger charge is 2.15. The van der Waals surface area contributed by atoms with Gasteiger partial charge in [0.15, 0.2) is 0 Å². The lowest BCUT2D eigenvalue weighted by Crippen LogP contribution is -2.14. The summed E-state index contributed by atoms with van der Waals surface area (Å²) in [6, 6.07) is 12.8. The number of nitrogens with one attached hydrogen (secondary N) is 1. The number of anilines is 1. The number of aromatic nitrogens is 3. The van der Waals surface area contributed by atoms with Crippen LogP contribution in [0.25, 0.3) is 11.5 Å². The molecule has 0 aliphatic rings. The molecule has 3 aromatic rings. The lowest BCUT2D eigenvalue weighted by Gasteiger charge is -2.01. The number of hydrogen-bond donors (Lipinski definition) is 1. The van der Waals surface area contributed by atoms with E-state index in [9.17, 15) is 4.79 Å². The van der Waals surface area contributed by atoms with E-state index < -0.39 is 5.91 Å². The predicted octanol–water partition coefficient (Wildman–Crippen LogP) is 3.15. The average Bonchev–Trinajstić information content (AvgIpc) is 2.97. The van der Waals surface area contributed by atoms with Crippen LogP contribution in [0.2, 0.25) is 0 Å². The van der Waals surface area contributed by atoms with Gasteiger partial charge in [0.1, 0.15) is 5.69 Å². The summed E-state index contributed by atoms with van der Waals surface area (Å²) in [5, 5.41) is 10.2. The van der Waals surface area contributed by atoms with Crippen LogP contribution in [0, 0.1) is 0 Å². The second-order valence-corrected chi connectivity index (χ2v) is 4.92. The molecule has 1 amide bonds. The van der Waals surface area contributed by atoms with Gasteiger partial charge in [-0.1, -0.05) is 23.3 Å². The van der Waals surface area contributed by atoms with E-state index in [-0.39, 0.29) is 11.7 Å². The Morgan fingerprint density at radius 1 is 1.10 bits per heavy atom. The minimum atomic E-state index is -0.425. The molecule has 0 aliphatic heterocycles. The first-order chi connectivity index (χ1) is 10.2. The Balaban J connectivity index is 1.79. The van der Waals surface area contributed by atoms with Gasteiger partial charge >= 0.3 is 6.01 Å². The number of pyridine rings is 1. The van der Waals surface area contributed by atoms with Crippen molar-refractivity contribution in [1.82, 2.24) is 15.2 Å². The first kappa shape index (κ1) is 13.4. The van der Waals surface area contributed by atoms with Gasteiger partial charge in [-0.25, -0.2) is 4.98 Å². The van der Waals surface area contributed by atoms with E-state index in [2.05, 4.69) is 36.4 Å². The summed E-state index contributed by atoms with van der Waals surface area (Å²) in [7, 11) is 0. The third-order valence-corrected chi connectivity index (χ3v) is 3.28. The van der Waals surface area contributed by atoms with E-state index in [4.69, 9.17) is 4.42 Å². The summed E-state index contributed by atoms with van der Waals surface area (Å²) in [4.78, 5) is 16.0. The van der Waals surface area contributed by atoms with Crippen molar-refractivity contribution in [3.8, 4) is 11.5 Å². The highest BCUT2D eigenvalue weighted by molar-refractivity contribution is 9.10. The zero-order valence-corrected chi connectivity index (χ0v) is 12.2.